The van der Waals surface area contributed by atoms with Crippen LogP contribution in [0.15, 0.2) is 82.6 Å². The summed E-state index contributed by atoms with van der Waals surface area (Å²) >= 11 is 0. The van der Waals surface area contributed by atoms with E-state index in [2.05, 4.69) is 4.72 Å². The number of fused-ring (bicyclic) bond motifs is 1. The number of ether oxygens (including phenoxy) is 2. The van der Waals surface area contributed by atoms with Gasteiger partial charge in [-0.15, -0.1) is 0 Å². The van der Waals surface area contributed by atoms with E-state index in [9.17, 15) is 21.6 Å². The monoisotopic (exact) mass is 615 g/mol. The van der Waals surface area contributed by atoms with Crippen molar-refractivity contribution < 1.29 is 31.1 Å². The van der Waals surface area contributed by atoms with Gasteiger partial charge in [0, 0.05) is 33.3 Å². The summed E-state index contributed by atoms with van der Waals surface area (Å²) in [6, 6.07) is 18.6. The molecule has 1 aliphatic rings. The van der Waals surface area contributed by atoms with Crippen LogP contribution in [0, 0.1) is 12.8 Å². The molecule has 3 aromatic carbocycles. The highest BCUT2D eigenvalue weighted by Gasteiger charge is 2.34. The maximum absolute atomic E-state index is 13.8. The van der Waals surface area contributed by atoms with Gasteiger partial charge in [-0.3, -0.25) is 9.52 Å². The number of rotatable bonds is 6. The molecule has 0 aliphatic carbocycles. The van der Waals surface area contributed by atoms with Gasteiger partial charge in [0.05, 0.1) is 33.2 Å². The van der Waals surface area contributed by atoms with E-state index in [4.69, 9.17) is 9.47 Å². The minimum Gasteiger partial charge on any atom is -0.491 e. The maximum atomic E-state index is 13.8. The first-order valence-electron chi connectivity index (χ1n) is 13.6. The Balaban J connectivity index is 1.73. The van der Waals surface area contributed by atoms with Gasteiger partial charge in [0.25, 0.3) is 15.9 Å². The molecule has 12 heteroatoms. The number of benzene rings is 3. The average molecular weight is 616 g/mol. The molecule has 3 atom stereocenters. The highest BCUT2D eigenvalue weighted by Crippen LogP contribution is 2.29. The van der Waals surface area contributed by atoms with Crippen LogP contribution in [0.5, 0.6) is 5.75 Å². The molecule has 0 spiro atoms. The Morgan fingerprint density at radius 2 is 1.60 bits per heavy atom. The summed E-state index contributed by atoms with van der Waals surface area (Å²) < 4.78 is 69.6. The molecule has 0 radical (unpaired) electrons. The van der Waals surface area contributed by atoms with Crippen molar-refractivity contribution in [2.75, 3.05) is 38.6 Å². The van der Waals surface area contributed by atoms with Gasteiger partial charge in [0.2, 0.25) is 10.0 Å². The van der Waals surface area contributed by atoms with Crippen molar-refractivity contribution in [1.82, 2.24) is 9.21 Å². The first kappa shape index (κ1) is 31.5. The second kappa shape index (κ2) is 12.8. The normalized spacial score (nSPS) is 21.0. The minimum absolute atomic E-state index is 0.0889. The molecule has 1 aliphatic heterocycles. The van der Waals surface area contributed by atoms with Crippen LogP contribution in [0.1, 0.15) is 29.8 Å². The number of hydrogen-bond acceptors (Lipinski definition) is 7. The molecule has 0 fully saturated rings. The molecule has 0 aromatic heterocycles. The van der Waals surface area contributed by atoms with Crippen molar-refractivity contribution in [2.45, 2.75) is 42.7 Å². The molecule has 1 N–H and O–H groups in total. The predicted molar refractivity (Wildman–Crippen MR) is 161 cm³/mol. The van der Waals surface area contributed by atoms with Gasteiger partial charge in [-0.25, -0.2) is 16.8 Å². The lowest BCUT2D eigenvalue weighted by Gasteiger charge is -2.35. The summed E-state index contributed by atoms with van der Waals surface area (Å²) in [5, 5.41) is 0. The highest BCUT2D eigenvalue weighted by atomic mass is 32.2. The third-order valence-electron chi connectivity index (χ3n) is 7.37. The van der Waals surface area contributed by atoms with Crippen molar-refractivity contribution in [1.29, 1.82) is 0 Å². The molecular formula is C30H37N3O7S2. The lowest BCUT2D eigenvalue weighted by molar-refractivity contribution is 0.0212. The number of carbonyl (C=O) groups is 1. The van der Waals surface area contributed by atoms with E-state index in [1.807, 2.05) is 6.92 Å². The zero-order valence-corrected chi connectivity index (χ0v) is 26.0. The van der Waals surface area contributed by atoms with Crippen molar-refractivity contribution in [3.63, 3.8) is 0 Å². The summed E-state index contributed by atoms with van der Waals surface area (Å²) in [5.41, 5.74) is 0.994. The second-order valence-electron chi connectivity index (χ2n) is 10.6. The first-order chi connectivity index (χ1) is 19.8. The number of methoxy groups -OCH3 is 1. The molecule has 226 valence electrons. The summed E-state index contributed by atoms with van der Waals surface area (Å²) in [4.78, 5) is 15.3. The first-order valence-corrected chi connectivity index (χ1v) is 16.5. The van der Waals surface area contributed by atoms with E-state index in [1.54, 1.807) is 69.4 Å². The minimum atomic E-state index is -3.93. The lowest BCUT2D eigenvalue weighted by atomic mass is 10.0. The molecule has 3 aromatic rings. The summed E-state index contributed by atoms with van der Waals surface area (Å²) in [6.07, 6.45) is -0.455. The number of carbonyl (C=O) groups excluding carboxylic acids is 1. The number of aryl methyl sites for hydroxylation is 1. The molecule has 1 amide bonds. The number of anilines is 1. The van der Waals surface area contributed by atoms with Crippen LogP contribution in [-0.4, -0.2) is 77.9 Å². The smallest absolute Gasteiger partial charge is 0.262 e. The van der Waals surface area contributed by atoms with E-state index >= 15 is 0 Å². The van der Waals surface area contributed by atoms with Crippen LogP contribution in [0.25, 0.3) is 0 Å². The van der Waals surface area contributed by atoms with E-state index < -0.39 is 32.2 Å². The number of amides is 1. The Kier molecular flexibility index (Phi) is 9.61. The number of likely N-dealkylation sites (N-methyl/N-ethyl adjacent to an activating group) is 1. The topological polar surface area (TPSA) is 122 Å². The number of sulfonamides is 2. The molecule has 0 saturated carbocycles. The molecule has 42 heavy (non-hydrogen) atoms. The molecule has 0 unspecified atom stereocenters. The van der Waals surface area contributed by atoms with Crippen molar-refractivity contribution >= 4 is 31.6 Å². The third kappa shape index (κ3) is 6.78. The number of hydrogen-bond donors (Lipinski definition) is 1. The van der Waals surface area contributed by atoms with Gasteiger partial charge in [-0.2, -0.15) is 4.31 Å². The van der Waals surface area contributed by atoms with E-state index in [1.165, 1.54) is 40.6 Å². The maximum Gasteiger partial charge on any atom is 0.262 e. The van der Waals surface area contributed by atoms with Crippen LogP contribution in [0.2, 0.25) is 0 Å². The molecule has 4 rings (SSSR count). The van der Waals surface area contributed by atoms with E-state index in [0.717, 1.165) is 0 Å². The Hall–Kier alpha value is -3.45. The van der Waals surface area contributed by atoms with E-state index in [0.29, 0.717) is 5.56 Å². The largest absolute Gasteiger partial charge is 0.491 e. The Bertz CT molecular complexity index is 1630. The van der Waals surface area contributed by atoms with Gasteiger partial charge < -0.3 is 14.4 Å². The van der Waals surface area contributed by atoms with E-state index in [-0.39, 0.29) is 58.3 Å². The lowest BCUT2D eigenvalue weighted by Crippen LogP contribution is -2.48. The molecule has 1 heterocycles. The summed E-state index contributed by atoms with van der Waals surface area (Å²) in [7, 11) is -4.67. The fraction of sp³-hybridized carbons (Fsp3) is 0.367. The van der Waals surface area contributed by atoms with Crippen LogP contribution >= 0.6 is 0 Å². The van der Waals surface area contributed by atoms with Crippen LogP contribution in [0.3, 0.4) is 0 Å². The van der Waals surface area contributed by atoms with Crippen LogP contribution in [0.4, 0.5) is 5.69 Å². The van der Waals surface area contributed by atoms with Crippen molar-refractivity contribution in [3.8, 4) is 5.75 Å². The van der Waals surface area contributed by atoms with Crippen molar-refractivity contribution in [3.05, 3.63) is 83.9 Å². The van der Waals surface area contributed by atoms with Crippen LogP contribution < -0.4 is 9.46 Å². The Labute approximate surface area is 248 Å². The number of nitrogens with one attached hydrogen (secondary N) is 1. The second-order valence-corrected chi connectivity index (χ2v) is 14.1. The SMILES string of the molecule is CO[C@@H]1CN(C)C(=O)c2ccc(NS(=O)(=O)c3ccccc3C)cc2OC[C@@H](C)N(S(=O)(=O)c2ccccc2)C[C@H]1C. The van der Waals surface area contributed by atoms with Crippen LogP contribution in [-0.2, 0) is 24.8 Å². The molecule has 0 saturated heterocycles. The average Bonchev–Trinajstić information content (AvgIpc) is 2.96. The zero-order valence-electron chi connectivity index (χ0n) is 24.4. The molecular weight excluding hydrogens is 578 g/mol. The predicted octanol–water partition coefficient (Wildman–Crippen LogP) is 3.99. The highest BCUT2D eigenvalue weighted by molar-refractivity contribution is 7.92. The van der Waals surface area contributed by atoms with Gasteiger partial charge in [0.1, 0.15) is 12.4 Å². The fourth-order valence-electron chi connectivity index (χ4n) is 4.93. The van der Waals surface area contributed by atoms with Gasteiger partial charge in [-0.1, -0.05) is 43.3 Å². The van der Waals surface area contributed by atoms with Gasteiger partial charge in [0.15, 0.2) is 0 Å². The fourth-order valence-corrected chi connectivity index (χ4v) is 7.97. The molecule has 10 nitrogen and oxygen atoms in total. The Morgan fingerprint density at radius 3 is 2.26 bits per heavy atom. The number of nitrogens with zero attached hydrogens (tertiary/aromatic N) is 2. The molecule has 0 bridgehead atoms. The third-order valence-corrected chi connectivity index (χ3v) is 10.9. The quantitative estimate of drug-likeness (QED) is 0.445. The van der Waals surface area contributed by atoms with Gasteiger partial charge >= 0.3 is 0 Å². The summed E-state index contributed by atoms with van der Waals surface area (Å²) in [5.74, 6) is -0.471. The standard InChI is InChI=1S/C30H37N3O7S2/c1-21-11-9-10-14-29(21)41(35,36)31-24-15-16-26-27(17-24)40-20-23(3)33(42(37,38)25-12-7-6-8-13-25)18-22(2)28(39-5)19-32(4)30(26)34/h6-17,22-23,28,31H,18-20H2,1-5H3/t22-,23-,28-/m1/s1. The zero-order chi connectivity index (χ0) is 30.7. The Morgan fingerprint density at radius 1 is 0.929 bits per heavy atom. The van der Waals surface area contributed by atoms with Gasteiger partial charge in [-0.05, 0) is 55.7 Å². The van der Waals surface area contributed by atoms with Crippen molar-refractivity contribution in [2.24, 2.45) is 5.92 Å². The summed E-state index contributed by atoms with van der Waals surface area (Å²) in [6.45, 7) is 5.57.